The van der Waals surface area contributed by atoms with Crippen LogP contribution in [0.15, 0.2) is 0 Å². The maximum Gasteiger partial charge on any atom is 0.110 e. The summed E-state index contributed by atoms with van der Waals surface area (Å²) in [5.41, 5.74) is 0. The minimum absolute atomic E-state index is 0.0525. The molecular weight excluding hydrogens is 1000 g/mol. The molecule has 0 amide bonds. The fraction of sp³-hybridized carbons (Fsp3) is 1.00. The van der Waals surface area contributed by atoms with E-state index in [-0.39, 0.29) is 12.2 Å². The Labute approximate surface area is 447 Å². The molecule has 2 atom stereocenters. The van der Waals surface area contributed by atoms with Crippen molar-refractivity contribution in [3.8, 4) is 0 Å². The van der Waals surface area contributed by atoms with E-state index in [9.17, 15) is 0 Å². The predicted octanol–water partition coefficient (Wildman–Crippen LogP) is 0.412. The average molecular weight is 1100 g/mol. The van der Waals surface area contributed by atoms with Crippen molar-refractivity contribution in [3.05, 3.63) is 0 Å². The summed E-state index contributed by atoms with van der Waals surface area (Å²) in [5, 5.41) is 0. The van der Waals surface area contributed by atoms with E-state index in [4.69, 9.17) is 118 Å². The zero-order valence-electron chi connectivity index (χ0n) is 45.9. The molecule has 1 rings (SSSR count). The number of hydrogen-bond acceptors (Lipinski definition) is 25. The summed E-state index contributed by atoms with van der Waals surface area (Å²) in [4.78, 5) is 0. The van der Waals surface area contributed by atoms with Crippen LogP contribution in [0.4, 0.5) is 0 Å². The van der Waals surface area contributed by atoms with Crippen LogP contribution in [0.5, 0.6) is 0 Å². The molecule has 25 heteroatoms. The van der Waals surface area contributed by atoms with Crippen LogP contribution in [0.25, 0.3) is 0 Å². The van der Waals surface area contributed by atoms with Crippen LogP contribution in [-0.2, 0) is 118 Å². The Morgan fingerprint density at radius 3 is 0.387 bits per heavy atom. The third-order valence-electron chi connectivity index (χ3n) is 9.56. The topological polar surface area (TPSA) is 234 Å². The van der Waals surface area contributed by atoms with E-state index in [1.165, 1.54) is 0 Å². The highest BCUT2D eigenvalue weighted by Crippen LogP contribution is 2.22. The summed E-state index contributed by atoms with van der Waals surface area (Å²) in [6, 6.07) is 0. The molecule has 25 nitrogen and oxygen atoms in total. The second kappa shape index (κ2) is 65.5. The highest BCUT2D eigenvalue weighted by molar-refractivity contribution is 4.84. The lowest BCUT2D eigenvalue weighted by Crippen LogP contribution is -2.16. The molecule has 1 aliphatic heterocycles. The van der Waals surface area contributed by atoms with Gasteiger partial charge in [0, 0.05) is 14.2 Å². The first kappa shape index (κ1) is 72.0. The molecule has 0 spiro atoms. The normalized spacial score (nSPS) is 14.5. The van der Waals surface area contributed by atoms with E-state index in [0.29, 0.717) is 304 Å². The van der Waals surface area contributed by atoms with Gasteiger partial charge < -0.3 is 118 Å². The smallest absolute Gasteiger partial charge is 0.110 e. The zero-order chi connectivity index (χ0) is 53.4. The van der Waals surface area contributed by atoms with Crippen LogP contribution in [-0.4, -0.2) is 330 Å². The van der Waals surface area contributed by atoms with Crippen LogP contribution in [0.2, 0.25) is 0 Å². The fourth-order valence-electron chi connectivity index (χ4n) is 5.55. The lowest BCUT2D eigenvalue weighted by Gasteiger charge is -2.09. The van der Waals surface area contributed by atoms with Gasteiger partial charge in [0.15, 0.2) is 0 Å². The SMILES string of the molecule is COCCOCCOCCOCCOCCOCCOCCOCCOCCOCCOCCOCC1OC1COCCOCCOCCOCCOCCOCCOCCOCCOCCOCCOCCOC. The van der Waals surface area contributed by atoms with Gasteiger partial charge in [0.2, 0.25) is 0 Å². The van der Waals surface area contributed by atoms with Gasteiger partial charge >= 0.3 is 0 Å². The predicted molar refractivity (Wildman–Crippen MR) is 270 cm³/mol. The Kier molecular flexibility index (Phi) is 62.9. The van der Waals surface area contributed by atoms with Crippen molar-refractivity contribution in [2.75, 3.05) is 318 Å². The quantitative estimate of drug-likeness (QED) is 0.0593. The molecule has 0 bridgehead atoms. The maximum atomic E-state index is 5.65. The molecule has 0 radical (unpaired) electrons. The Hall–Kier alpha value is -1.00. The lowest BCUT2D eigenvalue weighted by atomic mass is 10.3. The molecule has 0 aromatic carbocycles. The van der Waals surface area contributed by atoms with Gasteiger partial charge in [-0.15, -0.1) is 0 Å². The molecule has 450 valence electrons. The van der Waals surface area contributed by atoms with Gasteiger partial charge in [0.1, 0.15) is 12.2 Å². The van der Waals surface area contributed by atoms with Crippen molar-refractivity contribution in [1.82, 2.24) is 0 Å². The summed E-state index contributed by atoms with van der Waals surface area (Å²) in [6.45, 7) is 23.5. The summed E-state index contributed by atoms with van der Waals surface area (Å²) in [7, 11) is 3.29. The number of rotatable bonds is 70. The number of methoxy groups -OCH3 is 2. The highest BCUT2D eigenvalue weighted by atomic mass is 16.6. The fourth-order valence-corrected chi connectivity index (χ4v) is 5.55. The first-order valence-corrected chi connectivity index (χ1v) is 26.7. The van der Waals surface area contributed by atoms with Gasteiger partial charge in [0.25, 0.3) is 0 Å². The summed E-state index contributed by atoms with van der Waals surface area (Å²) in [5.74, 6) is 0. The van der Waals surface area contributed by atoms with Gasteiger partial charge in [-0.2, -0.15) is 0 Å². The van der Waals surface area contributed by atoms with E-state index in [1.807, 2.05) is 0 Å². The van der Waals surface area contributed by atoms with Crippen molar-refractivity contribution < 1.29 is 118 Å². The molecule has 75 heavy (non-hydrogen) atoms. The van der Waals surface area contributed by atoms with Crippen molar-refractivity contribution in [3.63, 3.8) is 0 Å². The molecular formula is C50H100O25. The first-order valence-electron chi connectivity index (χ1n) is 26.7. The van der Waals surface area contributed by atoms with Gasteiger partial charge in [-0.3, -0.25) is 0 Å². The summed E-state index contributed by atoms with van der Waals surface area (Å²) in [6.07, 6.45) is 0.105. The van der Waals surface area contributed by atoms with Crippen LogP contribution in [0, 0.1) is 0 Å². The summed E-state index contributed by atoms with van der Waals surface area (Å²) < 4.78 is 136. The second-order valence-corrected chi connectivity index (χ2v) is 15.6. The molecule has 0 saturated carbocycles. The third-order valence-corrected chi connectivity index (χ3v) is 9.56. The van der Waals surface area contributed by atoms with E-state index in [2.05, 4.69) is 0 Å². The van der Waals surface area contributed by atoms with Gasteiger partial charge in [-0.05, 0) is 0 Å². The number of epoxide rings is 1. The Morgan fingerprint density at radius 1 is 0.160 bits per heavy atom. The Bertz CT molecular complexity index is 958. The third kappa shape index (κ3) is 62.1. The molecule has 1 saturated heterocycles. The van der Waals surface area contributed by atoms with E-state index in [1.54, 1.807) is 14.2 Å². The van der Waals surface area contributed by atoms with Crippen molar-refractivity contribution >= 4 is 0 Å². The molecule has 0 N–H and O–H groups in total. The van der Waals surface area contributed by atoms with Crippen LogP contribution < -0.4 is 0 Å². The van der Waals surface area contributed by atoms with Crippen LogP contribution >= 0.6 is 0 Å². The second-order valence-electron chi connectivity index (χ2n) is 15.6. The van der Waals surface area contributed by atoms with Crippen molar-refractivity contribution in [2.24, 2.45) is 0 Å². The van der Waals surface area contributed by atoms with Crippen molar-refractivity contribution in [2.45, 2.75) is 12.2 Å². The monoisotopic (exact) mass is 1100 g/mol. The van der Waals surface area contributed by atoms with Gasteiger partial charge in [-0.25, -0.2) is 0 Å². The molecule has 0 aromatic heterocycles. The van der Waals surface area contributed by atoms with Crippen molar-refractivity contribution in [1.29, 1.82) is 0 Å². The Balaban J connectivity index is 1.62. The van der Waals surface area contributed by atoms with E-state index >= 15 is 0 Å². The largest absolute Gasteiger partial charge is 0.382 e. The van der Waals surface area contributed by atoms with Gasteiger partial charge in [-0.1, -0.05) is 0 Å². The van der Waals surface area contributed by atoms with E-state index in [0.717, 1.165) is 0 Å². The molecule has 0 aromatic rings. The highest BCUT2D eigenvalue weighted by Gasteiger charge is 2.38. The minimum atomic E-state index is 0.0525. The minimum Gasteiger partial charge on any atom is -0.382 e. The lowest BCUT2D eigenvalue weighted by molar-refractivity contribution is -0.0281. The molecule has 1 aliphatic rings. The van der Waals surface area contributed by atoms with Crippen LogP contribution in [0.1, 0.15) is 0 Å². The number of ether oxygens (including phenoxy) is 25. The first-order chi connectivity index (χ1) is 37.4. The molecule has 0 aliphatic carbocycles. The molecule has 1 fully saturated rings. The molecule has 1 heterocycles. The zero-order valence-corrected chi connectivity index (χ0v) is 45.9. The maximum absolute atomic E-state index is 5.65. The average Bonchev–Trinajstić information content (AvgIpc) is 4.18. The van der Waals surface area contributed by atoms with E-state index < -0.39 is 0 Å². The standard InChI is InChI=1S/C50H100O25/c1-51-3-5-53-7-9-55-11-13-57-15-17-59-19-21-61-23-25-63-27-29-65-31-33-67-35-37-69-39-41-71-43-45-73-47-49-50(75-49)48-74-46-44-72-42-40-70-38-36-68-34-32-66-30-28-64-26-24-62-22-20-60-18-16-58-14-12-56-10-8-54-6-4-52-2/h49-50H,3-48H2,1-2H3. The molecule has 2 unspecified atom stereocenters. The Morgan fingerprint density at radius 2 is 0.267 bits per heavy atom. The summed E-state index contributed by atoms with van der Waals surface area (Å²) >= 11 is 0. The number of hydrogen-bond donors (Lipinski definition) is 0. The van der Waals surface area contributed by atoms with Gasteiger partial charge in [0.05, 0.1) is 304 Å². The van der Waals surface area contributed by atoms with Crippen LogP contribution in [0.3, 0.4) is 0 Å².